The molecule has 1 heterocycles. The summed E-state index contributed by atoms with van der Waals surface area (Å²) in [6.45, 7) is 0.564. The fourth-order valence-corrected chi connectivity index (χ4v) is 5.19. The van der Waals surface area contributed by atoms with Crippen molar-refractivity contribution in [3.05, 3.63) is 65.2 Å². The number of nitrogens with one attached hydrogen (secondary N) is 1. The second kappa shape index (κ2) is 7.50. The molecule has 2 N–H and O–H groups in total. The van der Waals surface area contributed by atoms with Crippen molar-refractivity contribution in [1.82, 2.24) is 4.31 Å². The number of fused-ring (bicyclic) bond motifs is 1. The molecule has 0 aromatic heterocycles. The molecule has 7 heteroatoms. The van der Waals surface area contributed by atoms with E-state index in [2.05, 4.69) is 5.32 Å². The molecule has 2 aliphatic rings. The minimum absolute atomic E-state index is 0.129. The van der Waals surface area contributed by atoms with E-state index >= 15 is 0 Å². The first-order valence-corrected chi connectivity index (χ1v) is 10.8. The smallest absolute Gasteiger partial charge is 0.256 e. The molecule has 0 radical (unpaired) electrons. The predicted molar refractivity (Wildman–Crippen MR) is 108 cm³/mol. The number of benzene rings is 2. The fourth-order valence-electron chi connectivity index (χ4n) is 3.64. The molecule has 0 saturated carbocycles. The molecular formula is C21H22N2O4S. The highest BCUT2D eigenvalue weighted by atomic mass is 32.2. The van der Waals surface area contributed by atoms with Crippen molar-refractivity contribution in [1.29, 1.82) is 0 Å². The van der Waals surface area contributed by atoms with Gasteiger partial charge in [0, 0.05) is 24.3 Å². The Morgan fingerprint density at radius 1 is 1.11 bits per heavy atom. The maximum atomic E-state index is 13.1. The van der Waals surface area contributed by atoms with Gasteiger partial charge in [0.25, 0.3) is 5.91 Å². The highest BCUT2D eigenvalue weighted by molar-refractivity contribution is 7.89. The molecule has 6 nitrogen and oxygen atoms in total. The number of carbonyl (C=O) groups is 1. The number of sulfonamides is 1. The van der Waals surface area contributed by atoms with Crippen molar-refractivity contribution in [2.45, 2.75) is 30.3 Å². The van der Waals surface area contributed by atoms with Gasteiger partial charge < -0.3 is 10.4 Å². The van der Waals surface area contributed by atoms with Crippen molar-refractivity contribution >= 4 is 27.7 Å². The molecule has 1 saturated heterocycles. The molecule has 0 atom stereocenters. The van der Waals surface area contributed by atoms with E-state index in [0.29, 0.717) is 30.5 Å². The number of carbonyl (C=O) groups excluding carboxylic acids is 1. The Bertz CT molecular complexity index is 1020. The van der Waals surface area contributed by atoms with E-state index in [9.17, 15) is 18.3 Å². The summed E-state index contributed by atoms with van der Waals surface area (Å²) < 4.78 is 27.6. The van der Waals surface area contributed by atoms with Crippen LogP contribution < -0.4 is 5.32 Å². The summed E-state index contributed by atoms with van der Waals surface area (Å²) in [6, 6.07) is 12.2. The Balaban J connectivity index is 1.69. The van der Waals surface area contributed by atoms with Crippen LogP contribution in [0.25, 0.3) is 6.08 Å². The van der Waals surface area contributed by atoms with E-state index in [1.807, 2.05) is 30.4 Å². The molecule has 2 aromatic rings. The number of nitrogens with zero attached hydrogens (tertiary/aromatic N) is 1. The number of aliphatic hydroxyl groups is 1. The normalized spacial score (nSPS) is 17.5. The number of aliphatic hydroxyl groups excluding tert-OH is 1. The Morgan fingerprint density at radius 3 is 2.54 bits per heavy atom. The summed E-state index contributed by atoms with van der Waals surface area (Å²) in [6.07, 6.45) is 4.78. The summed E-state index contributed by atoms with van der Waals surface area (Å²) in [5.41, 5.74) is 2.60. The van der Waals surface area contributed by atoms with Crippen molar-refractivity contribution in [2.75, 3.05) is 18.4 Å². The highest BCUT2D eigenvalue weighted by Gasteiger charge is 2.31. The summed E-state index contributed by atoms with van der Waals surface area (Å²) in [5.74, 6) is -0.333. The van der Waals surface area contributed by atoms with Crippen LogP contribution in [0.5, 0.6) is 0 Å². The van der Waals surface area contributed by atoms with E-state index in [0.717, 1.165) is 11.1 Å². The maximum absolute atomic E-state index is 13.1. The van der Waals surface area contributed by atoms with Gasteiger partial charge in [-0.25, -0.2) is 8.42 Å². The first kappa shape index (κ1) is 18.9. The van der Waals surface area contributed by atoms with E-state index in [-0.39, 0.29) is 23.9 Å². The molecule has 1 amide bonds. The molecule has 0 bridgehead atoms. The van der Waals surface area contributed by atoms with E-state index in [1.165, 1.54) is 10.4 Å². The van der Waals surface area contributed by atoms with Crippen LogP contribution in [0.2, 0.25) is 0 Å². The Morgan fingerprint density at radius 2 is 1.82 bits per heavy atom. The van der Waals surface area contributed by atoms with Gasteiger partial charge in [0.2, 0.25) is 10.0 Å². The first-order chi connectivity index (χ1) is 13.4. The van der Waals surface area contributed by atoms with Gasteiger partial charge in [-0.15, -0.1) is 0 Å². The van der Waals surface area contributed by atoms with Gasteiger partial charge in [-0.3, -0.25) is 4.79 Å². The van der Waals surface area contributed by atoms with Crippen molar-refractivity contribution in [2.24, 2.45) is 0 Å². The van der Waals surface area contributed by atoms with Crippen LogP contribution in [-0.4, -0.2) is 42.9 Å². The molecule has 4 rings (SSSR count). The molecule has 2 aromatic carbocycles. The lowest BCUT2D eigenvalue weighted by molar-refractivity contribution is 0.102. The quantitative estimate of drug-likeness (QED) is 0.829. The molecular weight excluding hydrogens is 376 g/mol. The fraction of sp³-hybridized carbons (Fsp3) is 0.286. The van der Waals surface area contributed by atoms with Crippen LogP contribution in [0.4, 0.5) is 5.69 Å². The monoisotopic (exact) mass is 398 g/mol. The van der Waals surface area contributed by atoms with Gasteiger partial charge in [0.15, 0.2) is 0 Å². The average Bonchev–Trinajstić information content (AvgIpc) is 3.17. The van der Waals surface area contributed by atoms with Crippen LogP contribution in [-0.2, 0) is 16.4 Å². The number of para-hydroxylation sites is 1. The van der Waals surface area contributed by atoms with Crippen LogP contribution >= 0.6 is 0 Å². The highest BCUT2D eigenvalue weighted by Crippen LogP contribution is 2.30. The van der Waals surface area contributed by atoms with Gasteiger partial charge in [-0.2, -0.15) is 4.31 Å². The Hall–Kier alpha value is -2.48. The summed E-state index contributed by atoms with van der Waals surface area (Å²) in [4.78, 5) is 13.0. The molecule has 1 aliphatic carbocycles. The minimum atomic E-state index is -3.72. The van der Waals surface area contributed by atoms with E-state index < -0.39 is 16.1 Å². The standard InChI is InChI=1S/C21H22N2O4S/c24-17-9-11-23(12-10-17)28(26,27)18-13-15-5-4-8-19(15)20(14-18)21(25)22-16-6-2-1-3-7-16/h1-4,6-8,13-14,17,24H,5,9-12H2,(H,22,25). The number of rotatable bonds is 4. The molecule has 0 spiro atoms. The molecule has 28 heavy (non-hydrogen) atoms. The van der Waals surface area contributed by atoms with Crippen LogP contribution in [0.15, 0.2) is 53.4 Å². The second-order valence-corrected chi connectivity index (χ2v) is 9.04. The number of hydrogen-bond acceptors (Lipinski definition) is 4. The third-order valence-corrected chi connectivity index (χ3v) is 7.08. The van der Waals surface area contributed by atoms with Gasteiger partial charge >= 0.3 is 0 Å². The number of amides is 1. The van der Waals surface area contributed by atoms with Crippen LogP contribution in [0.1, 0.15) is 34.3 Å². The largest absolute Gasteiger partial charge is 0.393 e. The third kappa shape index (κ3) is 3.61. The van der Waals surface area contributed by atoms with Crippen molar-refractivity contribution in [3.63, 3.8) is 0 Å². The van der Waals surface area contributed by atoms with Gasteiger partial charge in [0.1, 0.15) is 0 Å². The lowest BCUT2D eigenvalue weighted by atomic mass is 10.0. The van der Waals surface area contributed by atoms with Gasteiger partial charge in [-0.05, 0) is 54.7 Å². The topological polar surface area (TPSA) is 86.7 Å². The van der Waals surface area contributed by atoms with E-state index in [4.69, 9.17) is 0 Å². The summed E-state index contributed by atoms with van der Waals surface area (Å²) >= 11 is 0. The zero-order valence-corrected chi connectivity index (χ0v) is 16.2. The third-order valence-electron chi connectivity index (χ3n) is 5.20. The predicted octanol–water partition coefficient (Wildman–Crippen LogP) is 2.65. The van der Waals surface area contributed by atoms with Gasteiger partial charge in [0.05, 0.1) is 11.0 Å². The lowest BCUT2D eigenvalue weighted by Crippen LogP contribution is -2.40. The van der Waals surface area contributed by atoms with Crippen LogP contribution in [0.3, 0.4) is 0 Å². The summed E-state index contributed by atoms with van der Waals surface area (Å²) in [5, 5.41) is 12.5. The first-order valence-electron chi connectivity index (χ1n) is 9.33. The maximum Gasteiger partial charge on any atom is 0.256 e. The minimum Gasteiger partial charge on any atom is -0.393 e. The number of hydrogen-bond donors (Lipinski definition) is 2. The number of anilines is 1. The van der Waals surface area contributed by atoms with Crippen molar-refractivity contribution < 1.29 is 18.3 Å². The Kier molecular flexibility index (Phi) is 5.05. The number of allylic oxidation sites excluding steroid dienone is 1. The van der Waals surface area contributed by atoms with Gasteiger partial charge in [-0.1, -0.05) is 30.4 Å². The molecule has 0 unspecified atom stereocenters. The molecule has 1 aliphatic heterocycles. The SMILES string of the molecule is O=C(Nc1ccccc1)c1cc(S(=O)(=O)N2CCC(O)CC2)cc2c1C=CC2. The van der Waals surface area contributed by atoms with Crippen molar-refractivity contribution in [3.8, 4) is 0 Å². The molecule has 1 fully saturated rings. The van der Waals surface area contributed by atoms with E-state index in [1.54, 1.807) is 18.2 Å². The molecule has 146 valence electrons. The zero-order chi connectivity index (χ0) is 19.7. The summed E-state index contributed by atoms with van der Waals surface area (Å²) in [7, 11) is -3.72. The average molecular weight is 398 g/mol. The Labute approximate surface area is 164 Å². The second-order valence-electron chi connectivity index (χ2n) is 7.11. The number of piperidine rings is 1. The zero-order valence-electron chi connectivity index (χ0n) is 15.3. The van der Waals surface area contributed by atoms with Crippen LogP contribution in [0, 0.1) is 0 Å². The lowest BCUT2D eigenvalue weighted by Gasteiger charge is -2.29.